The molecule has 4 nitrogen and oxygen atoms in total. The van der Waals surface area contributed by atoms with Gasteiger partial charge in [-0.2, -0.15) is 0 Å². The molecule has 1 aliphatic heterocycles. The van der Waals surface area contributed by atoms with Crippen LogP contribution in [-0.4, -0.2) is 14.3 Å². The second-order valence-corrected chi connectivity index (χ2v) is 8.20. The van der Waals surface area contributed by atoms with E-state index in [9.17, 15) is 8.42 Å². The molecule has 3 rings (SSSR count). The molecule has 0 bridgehead atoms. The first-order valence-electron chi connectivity index (χ1n) is 7.47. The molecule has 0 fully saturated rings. The Balaban J connectivity index is 0.00000225. The lowest BCUT2D eigenvalue weighted by atomic mass is 10.1. The van der Waals surface area contributed by atoms with Gasteiger partial charge < -0.3 is 0 Å². The first kappa shape index (κ1) is 19.7. The molecule has 0 spiro atoms. The van der Waals surface area contributed by atoms with Crippen molar-refractivity contribution in [1.82, 2.24) is 4.72 Å². The van der Waals surface area contributed by atoms with Crippen LogP contribution in [-0.2, 0) is 16.6 Å². The van der Waals surface area contributed by atoms with Gasteiger partial charge in [-0.15, -0.1) is 12.4 Å². The van der Waals surface area contributed by atoms with Crippen molar-refractivity contribution in [3.8, 4) is 0 Å². The van der Waals surface area contributed by atoms with E-state index < -0.39 is 10.0 Å². The number of amidine groups is 1. The van der Waals surface area contributed by atoms with Gasteiger partial charge in [0.1, 0.15) is 10.7 Å². The van der Waals surface area contributed by atoms with Crippen molar-refractivity contribution >= 4 is 49.1 Å². The zero-order chi connectivity index (χ0) is 17.3. The molecule has 1 N–H and O–H groups in total. The third kappa shape index (κ3) is 4.14. The molecule has 7 heteroatoms. The Morgan fingerprint density at radius 1 is 1.08 bits per heavy atom. The zero-order valence-corrected chi connectivity index (χ0v) is 17.0. The standard InChI is InChI=1S/C18H17BrN2O2S.ClH/c1-12-6-3-4-7-15(12)11-20-18-13(2)17(24(22,23)21-18)14-8-5-9-16(19)10-14;/h3-10H,11H2,1-2H3,(H,20,21);1H. The fourth-order valence-electron chi connectivity index (χ4n) is 2.67. The van der Waals surface area contributed by atoms with Crippen LogP contribution in [0.4, 0.5) is 0 Å². The second kappa shape index (κ2) is 7.72. The largest absolute Gasteiger partial charge is 0.264 e. The van der Waals surface area contributed by atoms with E-state index in [0.29, 0.717) is 23.5 Å². The lowest BCUT2D eigenvalue weighted by Crippen LogP contribution is -2.23. The van der Waals surface area contributed by atoms with Gasteiger partial charge in [0.2, 0.25) is 0 Å². The molecule has 0 aliphatic carbocycles. The smallest absolute Gasteiger partial charge is 0.263 e. The van der Waals surface area contributed by atoms with Crippen LogP contribution in [0, 0.1) is 6.92 Å². The van der Waals surface area contributed by atoms with Gasteiger partial charge in [-0.1, -0.05) is 52.3 Å². The van der Waals surface area contributed by atoms with Gasteiger partial charge in [-0.05, 0) is 42.7 Å². The summed E-state index contributed by atoms with van der Waals surface area (Å²) in [5, 5.41) is 0. The molecule has 0 unspecified atom stereocenters. The van der Waals surface area contributed by atoms with Crippen LogP contribution in [0.15, 0.2) is 63.6 Å². The number of nitrogens with zero attached hydrogens (tertiary/aromatic N) is 1. The molecular formula is C18H18BrClN2O2S. The summed E-state index contributed by atoms with van der Waals surface area (Å²) in [7, 11) is -3.59. The molecular weight excluding hydrogens is 424 g/mol. The van der Waals surface area contributed by atoms with Crippen LogP contribution in [0.5, 0.6) is 0 Å². The van der Waals surface area contributed by atoms with Gasteiger partial charge in [0.25, 0.3) is 10.0 Å². The summed E-state index contributed by atoms with van der Waals surface area (Å²) in [4.78, 5) is 4.77. The number of aryl methyl sites for hydroxylation is 1. The highest BCUT2D eigenvalue weighted by Crippen LogP contribution is 2.31. The van der Waals surface area contributed by atoms with Crippen LogP contribution in [0.25, 0.3) is 4.91 Å². The van der Waals surface area contributed by atoms with Crippen LogP contribution >= 0.6 is 28.3 Å². The quantitative estimate of drug-likeness (QED) is 0.765. The fraction of sp³-hybridized carbons (Fsp3) is 0.167. The monoisotopic (exact) mass is 440 g/mol. The Labute approximate surface area is 162 Å². The number of sulfonamides is 1. The minimum absolute atomic E-state index is 0. The molecule has 2 aromatic carbocycles. The van der Waals surface area contributed by atoms with Crippen LogP contribution in [0.1, 0.15) is 23.6 Å². The SMILES string of the molecule is CC1=C(c2cccc(Br)c2)S(=O)(=O)NC1=NCc1ccccc1C.Cl. The van der Waals surface area contributed by atoms with E-state index >= 15 is 0 Å². The second-order valence-electron chi connectivity index (χ2n) is 5.66. The first-order chi connectivity index (χ1) is 11.4. The number of rotatable bonds is 3. The van der Waals surface area contributed by atoms with Crippen molar-refractivity contribution in [2.24, 2.45) is 4.99 Å². The van der Waals surface area contributed by atoms with E-state index in [0.717, 1.165) is 15.6 Å². The number of hydrogen-bond acceptors (Lipinski definition) is 3. The van der Waals surface area contributed by atoms with Crippen molar-refractivity contribution < 1.29 is 8.42 Å². The zero-order valence-electron chi connectivity index (χ0n) is 13.8. The topological polar surface area (TPSA) is 58.5 Å². The maximum Gasteiger partial charge on any atom is 0.264 e. The average molecular weight is 442 g/mol. The Kier molecular flexibility index (Phi) is 6.08. The third-order valence-electron chi connectivity index (χ3n) is 3.95. The first-order valence-corrected chi connectivity index (χ1v) is 9.75. The maximum absolute atomic E-state index is 12.5. The van der Waals surface area contributed by atoms with Gasteiger partial charge in [0.15, 0.2) is 0 Å². The van der Waals surface area contributed by atoms with Crippen molar-refractivity contribution in [1.29, 1.82) is 0 Å². The van der Waals surface area contributed by atoms with Crippen LogP contribution < -0.4 is 4.72 Å². The molecule has 0 amide bonds. The summed E-state index contributed by atoms with van der Waals surface area (Å²) in [6.45, 7) is 4.24. The van der Waals surface area contributed by atoms with Gasteiger partial charge in [-0.25, -0.2) is 8.42 Å². The van der Waals surface area contributed by atoms with Crippen molar-refractivity contribution in [2.75, 3.05) is 0 Å². The number of nitrogens with one attached hydrogen (secondary N) is 1. The molecule has 0 saturated heterocycles. The highest BCUT2D eigenvalue weighted by atomic mass is 79.9. The molecule has 25 heavy (non-hydrogen) atoms. The minimum Gasteiger partial charge on any atom is -0.263 e. The summed E-state index contributed by atoms with van der Waals surface area (Å²) >= 11 is 3.38. The van der Waals surface area contributed by atoms with Crippen molar-refractivity contribution in [3.05, 3.63) is 75.3 Å². The summed E-state index contributed by atoms with van der Waals surface area (Å²) < 4.78 is 28.4. The number of halogens is 2. The normalized spacial score (nSPS) is 17.3. The number of hydrogen-bond donors (Lipinski definition) is 1. The molecule has 132 valence electrons. The minimum atomic E-state index is -3.59. The van der Waals surface area contributed by atoms with E-state index in [2.05, 4.69) is 25.6 Å². The Morgan fingerprint density at radius 3 is 2.48 bits per heavy atom. The van der Waals surface area contributed by atoms with Crippen LogP contribution in [0.3, 0.4) is 0 Å². The van der Waals surface area contributed by atoms with E-state index in [1.165, 1.54) is 0 Å². The molecule has 0 radical (unpaired) electrons. The summed E-state index contributed by atoms with van der Waals surface area (Å²) in [5.41, 5.74) is 3.50. The highest BCUT2D eigenvalue weighted by Gasteiger charge is 2.32. The van der Waals surface area contributed by atoms with Crippen molar-refractivity contribution in [3.63, 3.8) is 0 Å². The van der Waals surface area contributed by atoms with Crippen LogP contribution in [0.2, 0.25) is 0 Å². The molecule has 0 atom stereocenters. The molecule has 1 aliphatic rings. The van der Waals surface area contributed by atoms with Gasteiger partial charge in [0.05, 0.1) is 6.54 Å². The van der Waals surface area contributed by atoms with Gasteiger partial charge in [0, 0.05) is 10.0 Å². The lowest BCUT2D eigenvalue weighted by molar-refractivity contribution is 0.603. The number of benzene rings is 2. The van der Waals surface area contributed by atoms with Gasteiger partial charge in [-0.3, -0.25) is 9.71 Å². The highest BCUT2D eigenvalue weighted by molar-refractivity contribution is 9.10. The predicted molar refractivity (Wildman–Crippen MR) is 108 cm³/mol. The van der Waals surface area contributed by atoms with E-state index in [4.69, 9.17) is 0 Å². The summed E-state index contributed by atoms with van der Waals surface area (Å²) in [6.07, 6.45) is 0. The summed E-state index contributed by atoms with van der Waals surface area (Å²) in [5.74, 6) is 0.410. The molecule has 0 aromatic heterocycles. The predicted octanol–water partition coefficient (Wildman–Crippen LogP) is 4.44. The average Bonchev–Trinajstić information content (AvgIpc) is 2.75. The lowest BCUT2D eigenvalue weighted by Gasteiger charge is -2.03. The Morgan fingerprint density at radius 2 is 1.80 bits per heavy atom. The Bertz CT molecular complexity index is 969. The van der Waals surface area contributed by atoms with E-state index in [1.807, 2.05) is 43.3 Å². The van der Waals surface area contributed by atoms with E-state index in [-0.39, 0.29) is 17.3 Å². The maximum atomic E-state index is 12.5. The van der Waals surface area contributed by atoms with Crippen molar-refractivity contribution in [2.45, 2.75) is 20.4 Å². The molecule has 2 aromatic rings. The van der Waals surface area contributed by atoms with E-state index in [1.54, 1.807) is 19.1 Å². The summed E-state index contributed by atoms with van der Waals surface area (Å²) in [6, 6.07) is 15.2. The Hall–Kier alpha value is -1.63. The molecule has 1 heterocycles. The fourth-order valence-corrected chi connectivity index (χ4v) is 4.58. The number of aliphatic imine (C=N–C) groups is 1. The third-order valence-corrected chi connectivity index (χ3v) is 5.99. The van der Waals surface area contributed by atoms with Gasteiger partial charge >= 0.3 is 0 Å². The molecule has 0 saturated carbocycles.